The summed E-state index contributed by atoms with van der Waals surface area (Å²) in [6.45, 7) is 0. The van der Waals surface area contributed by atoms with Crippen LogP contribution in [0.5, 0.6) is 23.1 Å². The molecule has 216 valence electrons. The molecule has 1 N–H and O–H groups in total. The number of rotatable bonds is 7. The number of ether oxygens (including phenoxy) is 2. The van der Waals surface area contributed by atoms with E-state index in [2.05, 4.69) is 10.3 Å². The van der Waals surface area contributed by atoms with Crippen LogP contribution in [0.4, 0.5) is 24.5 Å². The van der Waals surface area contributed by atoms with Crippen LogP contribution < -0.4 is 19.7 Å². The maximum absolute atomic E-state index is 13.5. The Hall–Kier alpha value is -5.63. The van der Waals surface area contributed by atoms with Crippen LogP contribution in [0, 0.1) is 10.1 Å². The van der Waals surface area contributed by atoms with Crippen molar-refractivity contribution < 1.29 is 37.2 Å². The second-order valence-corrected chi connectivity index (χ2v) is 9.22. The van der Waals surface area contributed by atoms with Gasteiger partial charge < -0.3 is 9.47 Å². The van der Waals surface area contributed by atoms with E-state index in [1.54, 1.807) is 36.4 Å². The van der Waals surface area contributed by atoms with Gasteiger partial charge in [-0.15, -0.1) is 0 Å². The third-order valence-corrected chi connectivity index (χ3v) is 6.24. The molecule has 0 bridgehead atoms. The van der Waals surface area contributed by atoms with Crippen LogP contribution in [-0.4, -0.2) is 26.8 Å². The maximum atomic E-state index is 13.5. The molecule has 5 rings (SSSR count). The highest BCUT2D eigenvalue weighted by atomic mass is 32.1. The largest absolute Gasteiger partial charge is 0.457 e. The monoisotopic (exact) mass is 606 g/mol. The molecular weight excluding hydrogens is 589 g/mol. The number of nitrogens with one attached hydrogen (secondary N) is 1. The molecule has 0 radical (unpaired) electrons. The zero-order chi connectivity index (χ0) is 30.7. The summed E-state index contributed by atoms with van der Waals surface area (Å²) in [6.07, 6.45) is -3.00. The normalized spacial score (nSPS) is 14.4. The van der Waals surface area contributed by atoms with Crippen molar-refractivity contribution in [1.29, 1.82) is 0 Å². The lowest BCUT2D eigenvalue weighted by Crippen LogP contribution is -2.54. The van der Waals surface area contributed by atoms with Gasteiger partial charge in [-0.3, -0.25) is 29.9 Å². The van der Waals surface area contributed by atoms with E-state index in [1.807, 2.05) is 18.2 Å². The Morgan fingerprint density at radius 2 is 1.63 bits per heavy atom. The lowest BCUT2D eigenvalue weighted by atomic mass is 10.1. The van der Waals surface area contributed by atoms with E-state index in [-0.39, 0.29) is 22.3 Å². The van der Waals surface area contributed by atoms with Crippen LogP contribution in [0.25, 0.3) is 6.08 Å². The van der Waals surface area contributed by atoms with Gasteiger partial charge >= 0.3 is 6.18 Å². The van der Waals surface area contributed by atoms with Crippen LogP contribution in [0.2, 0.25) is 0 Å². The van der Waals surface area contributed by atoms with E-state index in [9.17, 15) is 32.9 Å². The quantitative estimate of drug-likeness (QED) is 0.0840. The number of benzene rings is 3. The van der Waals surface area contributed by atoms with Crippen molar-refractivity contribution in [2.75, 3.05) is 4.90 Å². The fraction of sp³-hybridized carbons (Fsp3) is 0.0345. The molecule has 1 aromatic heterocycles. The van der Waals surface area contributed by atoms with Gasteiger partial charge in [0.1, 0.15) is 22.8 Å². The van der Waals surface area contributed by atoms with Gasteiger partial charge in [0.15, 0.2) is 5.11 Å². The Balaban J connectivity index is 1.46. The minimum absolute atomic E-state index is 0.0891. The zero-order valence-corrected chi connectivity index (χ0v) is 22.4. The molecular formula is C29H17F3N4O6S. The lowest BCUT2D eigenvalue weighted by Gasteiger charge is -2.29. The van der Waals surface area contributed by atoms with E-state index >= 15 is 0 Å². The first-order valence-electron chi connectivity index (χ1n) is 12.2. The van der Waals surface area contributed by atoms with Crippen LogP contribution in [0.1, 0.15) is 11.1 Å². The van der Waals surface area contributed by atoms with Crippen LogP contribution in [-0.2, 0) is 15.8 Å². The average molecular weight is 607 g/mol. The molecule has 1 aliphatic rings. The van der Waals surface area contributed by atoms with Crippen molar-refractivity contribution in [2.45, 2.75) is 6.18 Å². The molecule has 2 heterocycles. The number of amides is 2. The number of thiocarbonyl (C=S) groups is 1. The molecule has 0 spiro atoms. The van der Waals surface area contributed by atoms with Crippen molar-refractivity contribution in [3.8, 4) is 23.1 Å². The summed E-state index contributed by atoms with van der Waals surface area (Å²) in [6, 6.07) is 20.3. The minimum Gasteiger partial charge on any atom is -0.457 e. The summed E-state index contributed by atoms with van der Waals surface area (Å²) in [5.41, 5.74) is -1.64. The van der Waals surface area contributed by atoms with Gasteiger partial charge in [-0.05, 0) is 66.8 Å². The standard InChI is InChI=1S/C29H17F3N4O6S/c30-29(31,32)18-6-13-25(33-16-18)42-24-12-9-20(36(39)40)14-17(24)15-23-26(37)34-28(43)35(27(23)38)19-7-10-22(11-8-19)41-21-4-2-1-3-5-21/h1-16H,(H,34,37,43). The number of carbonyl (C=O) groups is 2. The molecule has 3 aromatic carbocycles. The number of halogens is 3. The molecule has 1 fully saturated rings. The first-order valence-corrected chi connectivity index (χ1v) is 12.6. The Bertz CT molecular complexity index is 1760. The van der Waals surface area contributed by atoms with E-state index in [1.165, 1.54) is 6.07 Å². The van der Waals surface area contributed by atoms with Gasteiger partial charge in [0.2, 0.25) is 5.88 Å². The number of carbonyl (C=O) groups excluding carboxylic acids is 2. The van der Waals surface area contributed by atoms with E-state index < -0.39 is 39.7 Å². The van der Waals surface area contributed by atoms with Crippen molar-refractivity contribution in [3.63, 3.8) is 0 Å². The number of hydrogen-bond acceptors (Lipinski definition) is 8. The van der Waals surface area contributed by atoms with Crippen molar-refractivity contribution in [1.82, 2.24) is 10.3 Å². The van der Waals surface area contributed by atoms with Gasteiger partial charge in [-0.2, -0.15) is 13.2 Å². The van der Waals surface area contributed by atoms with Crippen LogP contribution >= 0.6 is 12.2 Å². The molecule has 0 saturated carbocycles. The zero-order valence-electron chi connectivity index (χ0n) is 21.6. The van der Waals surface area contributed by atoms with E-state index in [0.717, 1.165) is 35.2 Å². The molecule has 14 heteroatoms. The topological polar surface area (TPSA) is 124 Å². The van der Waals surface area contributed by atoms with Crippen LogP contribution in [0.15, 0.2) is 96.7 Å². The third-order valence-electron chi connectivity index (χ3n) is 5.96. The second kappa shape index (κ2) is 11.7. The number of nitro groups is 1. The van der Waals surface area contributed by atoms with E-state index in [0.29, 0.717) is 23.4 Å². The number of hydrogen-bond donors (Lipinski definition) is 1. The van der Waals surface area contributed by atoms with Crippen LogP contribution in [0.3, 0.4) is 0 Å². The highest BCUT2D eigenvalue weighted by Crippen LogP contribution is 2.34. The van der Waals surface area contributed by atoms with Crippen molar-refractivity contribution in [2.24, 2.45) is 0 Å². The highest BCUT2D eigenvalue weighted by Gasteiger charge is 2.35. The summed E-state index contributed by atoms with van der Waals surface area (Å²) in [5.74, 6) is -1.02. The molecule has 43 heavy (non-hydrogen) atoms. The first kappa shape index (κ1) is 28.9. The SMILES string of the molecule is O=C1NC(=S)N(c2ccc(Oc3ccccc3)cc2)C(=O)C1=Cc1cc([N+](=O)[O-])ccc1Oc1ccc(C(F)(F)F)cn1. The van der Waals surface area contributed by atoms with Gasteiger partial charge in [-0.25, -0.2) is 4.98 Å². The molecule has 10 nitrogen and oxygen atoms in total. The summed E-state index contributed by atoms with van der Waals surface area (Å²) in [4.78, 5) is 41.8. The Labute approximate surface area is 246 Å². The van der Waals surface area contributed by atoms with Gasteiger partial charge in [0, 0.05) is 30.0 Å². The predicted octanol–water partition coefficient (Wildman–Crippen LogP) is 6.42. The minimum atomic E-state index is -4.62. The summed E-state index contributed by atoms with van der Waals surface area (Å²) in [5, 5.41) is 13.7. The fourth-order valence-electron chi connectivity index (χ4n) is 3.91. The predicted molar refractivity (Wildman–Crippen MR) is 152 cm³/mol. The Kier molecular flexibility index (Phi) is 7.86. The number of para-hydroxylation sites is 1. The van der Waals surface area contributed by atoms with Gasteiger partial charge in [-0.1, -0.05) is 18.2 Å². The summed E-state index contributed by atoms with van der Waals surface area (Å²) < 4.78 is 50.1. The fourth-order valence-corrected chi connectivity index (χ4v) is 4.19. The molecule has 1 saturated heterocycles. The summed E-state index contributed by atoms with van der Waals surface area (Å²) >= 11 is 5.24. The number of aromatic nitrogens is 1. The number of alkyl halides is 3. The second-order valence-electron chi connectivity index (χ2n) is 8.83. The third kappa shape index (κ3) is 6.49. The first-order chi connectivity index (χ1) is 20.5. The molecule has 4 aromatic rings. The maximum Gasteiger partial charge on any atom is 0.417 e. The van der Waals surface area contributed by atoms with Gasteiger partial charge in [0.05, 0.1) is 16.2 Å². The van der Waals surface area contributed by atoms with Gasteiger partial charge in [0.25, 0.3) is 17.5 Å². The highest BCUT2D eigenvalue weighted by molar-refractivity contribution is 7.80. The number of nitro benzene ring substituents is 1. The average Bonchev–Trinajstić information content (AvgIpc) is 2.97. The van der Waals surface area contributed by atoms with Crippen molar-refractivity contribution >= 4 is 46.6 Å². The van der Waals surface area contributed by atoms with Crippen molar-refractivity contribution in [3.05, 3.63) is 118 Å². The Morgan fingerprint density at radius 3 is 2.26 bits per heavy atom. The molecule has 0 aliphatic carbocycles. The number of anilines is 1. The smallest absolute Gasteiger partial charge is 0.417 e. The van der Waals surface area contributed by atoms with E-state index in [4.69, 9.17) is 21.7 Å². The lowest BCUT2D eigenvalue weighted by molar-refractivity contribution is -0.384. The number of nitrogens with zero attached hydrogens (tertiary/aromatic N) is 3. The number of pyridine rings is 1. The summed E-state index contributed by atoms with van der Waals surface area (Å²) in [7, 11) is 0. The Morgan fingerprint density at radius 1 is 0.930 bits per heavy atom. The molecule has 0 atom stereocenters. The number of non-ortho nitro benzene ring substituents is 1. The molecule has 2 amide bonds. The molecule has 0 unspecified atom stereocenters. The molecule has 1 aliphatic heterocycles.